The van der Waals surface area contributed by atoms with E-state index >= 15 is 0 Å². The highest BCUT2D eigenvalue weighted by Gasteiger charge is 2.49. The molecule has 8 rings (SSSR count). The predicted octanol–water partition coefficient (Wildman–Crippen LogP) is 6.81. The molecule has 2 fully saturated rings. The van der Waals surface area contributed by atoms with E-state index in [4.69, 9.17) is 33.4 Å². The second-order valence-corrected chi connectivity index (χ2v) is 15.1. The van der Waals surface area contributed by atoms with Crippen LogP contribution in [-0.4, -0.2) is 85.0 Å². The van der Waals surface area contributed by atoms with Crippen LogP contribution in [0, 0.1) is 0 Å². The Kier molecular flexibility index (Phi) is 10.6. The van der Waals surface area contributed by atoms with Crippen LogP contribution >= 0.6 is 0 Å². The second-order valence-electron chi connectivity index (χ2n) is 15.1. The summed E-state index contributed by atoms with van der Waals surface area (Å²) in [5, 5.41) is 0.871. The standard InChI is InChI=1S/C44H50N4O9/c1-6-30-32-21-28(57-43(51)47-18-13-27(14-19-47)46-16-9-8-10-17-46)11-12-36(32)45-40-33(30)25-48-37(40)24-35-34(41(48)49)26-55-42(50)44(35,7-2)56-20-15-31-38(53-4)22-29(52-3)23-39(31)54-5/h11-12,15,20-24,27H,6-10,13-14,16-19,25-26H2,1-5H3/b20-15+/t44-/m0/s1. The van der Waals surface area contributed by atoms with E-state index < -0.39 is 11.6 Å². The third kappa shape index (κ3) is 6.75. The van der Waals surface area contributed by atoms with Gasteiger partial charge in [-0.25, -0.2) is 14.6 Å². The molecule has 0 aliphatic carbocycles. The second kappa shape index (κ2) is 15.8. The number of nitrogens with zero attached hydrogens (tertiary/aromatic N) is 4. The molecule has 0 N–H and O–H groups in total. The number of cyclic esters (lactones) is 1. The van der Waals surface area contributed by atoms with Crippen LogP contribution in [0.25, 0.3) is 28.4 Å². The van der Waals surface area contributed by atoms with Crippen LogP contribution in [0.4, 0.5) is 4.79 Å². The highest BCUT2D eigenvalue weighted by molar-refractivity contribution is 5.90. The predicted molar refractivity (Wildman–Crippen MR) is 214 cm³/mol. The Morgan fingerprint density at radius 3 is 2.32 bits per heavy atom. The van der Waals surface area contributed by atoms with Gasteiger partial charge in [0.1, 0.15) is 29.6 Å². The van der Waals surface area contributed by atoms with Gasteiger partial charge >= 0.3 is 12.1 Å². The van der Waals surface area contributed by atoms with E-state index in [0.29, 0.717) is 88.7 Å². The molecule has 2 aromatic heterocycles. The van der Waals surface area contributed by atoms with Crippen molar-refractivity contribution < 1.29 is 38.0 Å². The maximum absolute atomic E-state index is 14.3. The summed E-state index contributed by atoms with van der Waals surface area (Å²) in [5.74, 6) is 1.39. The Bertz CT molecular complexity index is 2280. The molecule has 13 heteroatoms. The maximum atomic E-state index is 14.3. The van der Waals surface area contributed by atoms with E-state index in [1.54, 1.807) is 36.0 Å². The summed E-state index contributed by atoms with van der Waals surface area (Å²) in [7, 11) is 4.63. The topological polar surface area (TPSA) is 131 Å². The lowest BCUT2D eigenvalue weighted by molar-refractivity contribution is -0.173. The molecule has 13 nitrogen and oxygen atoms in total. The van der Waals surface area contributed by atoms with Gasteiger partial charge in [0.15, 0.2) is 0 Å². The monoisotopic (exact) mass is 778 g/mol. The lowest BCUT2D eigenvalue weighted by atomic mass is 9.85. The quantitative estimate of drug-likeness (QED) is 0.109. The molecule has 1 amide bonds. The number of esters is 1. The Morgan fingerprint density at radius 1 is 0.912 bits per heavy atom. The van der Waals surface area contributed by atoms with Crippen molar-refractivity contribution in [3.63, 3.8) is 0 Å². The van der Waals surface area contributed by atoms with E-state index in [0.717, 1.165) is 42.4 Å². The molecule has 1 atom stereocenters. The van der Waals surface area contributed by atoms with Crippen LogP contribution < -0.4 is 24.5 Å². The first-order chi connectivity index (χ1) is 27.7. The van der Waals surface area contributed by atoms with Crippen molar-refractivity contribution in [2.24, 2.45) is 0 Å². The molecule has 6 heterocycles. The van der Waals surface area contributed by atoms with Crippen molar-refractivity contribution in [3.05, 3.63) is 80.8 Å². The van der Waals surface area contributed by atoms with Crippen molar-refractivity contribution in [2.45, 2.75) is 83.6 Å². The van der Waals surface area contributed by atoms with Crippen molar-refractivity contribution in [3.8, 4) is 34.4 Å². The minimum absolute atomic E-state index is 0.167. The lowest BCUT2D eigenvalue weighted by Crippen LogP contribution is -2.48. The van der Waals surface area contributed by atoms with Gasteiger partial charge in [0.2, 0.25) is 5.60 Å². The van der Waals surface area contributed by atoms with Crippen molar-refractivity contribution in [1.29, 1.82) is 0 Å². The summed E-state index contributed by atoms with van der Waals surface area (Å²) in [6.45, 7) is 7.71. The molecule has 0 saturated carbocycles. The average Bonchev–Trinajstić information content (AvgIpc) is 3.62. The number of pyridine rings is 2. The number of carbonyl (C=O) groups excluding carboxylic acids is 2. The summed E-state index contributed by atoms with van der Waals surface area (Å²) < 4.78 is 36.2. The zero-order valence-electron chi connectivity index (χ0n) is 33.4. The number of hydrogen-bond acceptors (Lipinski definition) is 11. The number of aromatic nitrogens is 2. The van der Waals surface area contributed by atoms with Gasteiger partial charge in [-0.3, -0.25) is 4.79 Å². The van der Waals surface area contributed by atoms with Crippen LogP contribution in [0.15, 0.2) is 47.5 Å². The number of carbonyl (C=O) groups is 2. The number of fused-ring (bicyclic) bond motifs is 5. The number of likely N-dealkylation sites (tertiary alicyclic amines) is 2. The summed E-state index contributed by atoms with van der Waals surface area (Å²) in [6, 6.07) is 11.4. The summed E-state index contributed by atoms with van der Waals surface area (Å²) in [5.41, 5.74) is 3.46. The number of hydrogen-bond donors (Lipinski definition) is 0. The molecular formula is C44H50N4O9. The van der Waals surface area contributed by atoms with Gasteiger partial charge in [0.25, 0.3) is 5.56 Å². The number of aryl methyl sites for hydroxylation is 1. The smallest absolute Gasteiger partial charge is 0.415 e. The SMILES string of the molecule is CCc1c2c(nc3ccc(OC(=O)N4CCC(N5CCCCC5)CC4)cc13)-c1cc3c(c(=O)n1C2)COC(=O)[C@@]3(CC)O/C=C/c1c(OC)cc(OC)cc1OC. The molecule has 0 spiro atoms. The van der Waals surface area contributed by atoms with Crippen molar-refractivity contribution in [1.82, 2.24) is 19.4 Å². The fourth-order valence-electron chi connectivity index (χ4n) is 9.07. The van der Waals surface area contributed by atoms with E-state index in [9.17, 15) is 14.4 Å². The Balaban J connectivity index is 1.08. The summed E-state index contributed by atoms with van der Waals surface area (Å²) in [6.07, 6.45) is 9.33. The molecule has 2 saturated heterocycles. The maximum Gasteiger partial charge on any atom is 0.415 e. The van der Waals surface area contributed by atoms with Crippen LogP contribution in [0.3, 0.4) is 0 Å². The Hall–Kier alpha value is -5.56. The molecule has 2 aromatic carbocycles. The highest BCUT2D eigenvalue weighted by atomic mass is 16.6. The van der Waals surface area contributed by atoms with E-state index in [2.05, 4.69) is 11.8 Å². The van der Waals surface area contributed by atoms with Crippen molar-refractivity contribution >= 4 is 29.0 Å². The largest absolute Gasteiger partial charge is 0.496 e. The fourth-order valence-corrected chi connectivity index (χ4v) is 9.07. The van der Waals surface area contributed by atoms with Gasteiger partial charge in [-0.1, -0.05) is 20.3 Å². The fraction of sp³-hybridized carbons (Fsp3) is 0.455. The lowest BCUT2D eigenvalue weighted by Gasteiger charge is -2.39. The molecule has 0 radical (unpaired) electrons. The number of benzene rings is 2. The van der Waals surface area contributed by atoms with E-state index in [-0.39, 0.29) is 24.7 Å². The minimum atomic E-state index is -1.60. The molecule has 300 valence electrons. The van der Waals surface area contributed by atoms with Gasteiger partial charge in [0.05, 0.1) is 62.2 Å². The zero-order valence-corrected chi connectivity index (χ0v) is 33.4. The molecule has 4 aliphatic heterocycles. The normalized spacial score (nSPS) is 19.5. The number of ether oxygens (including phenoxy) is 6. The third-order valence-corrected chi connectivity index (χ3v) is 12.2. The van der Waals surface area contributed by atoms with Gasteiger partial charge < -0.3 is 42.8 Å². The summed E-state index contributed by atoms with van der Waals surface area (Å²) >= 11 is 0. The number of methoxy groups -OCH3 is 3. The van der Waals surface area contributed by atoms with Gasteiger partial charge in [0, 0.05) is 47.8 Å². The van der Waals surface area contributed by atoms with Crippen LogP contribution in [-0.2, 0) is 39.4 Å². The van der Waals surface area contributed by atoms with Gasteiger partial charge in [-0.2, -0.15) is 0 Å². The van der Waals surface area contributed by atoms with Crippen molar-refractivity contribution in [2.75, 3.05) is 47.5 Å². The first-order valence-electron chi connectivity index (χ1n) is 20.0. The van der Waals surface area contributed by atoms with Crippen LogP contribution in [0.2, 0.25) is 0 Å². The Labute approximate surface area is 332 Å². The molecule has 4 aromatic rings. The molecule has 0 unspecified atom stereocenters. The number of piperidine rings is 2. The third-order valence-electron chi connectivity index (χ3n) is 12.2. The van der Waals surface area contributed by atoms with E-state index in [1.165, 1.54) is 39.7 Å². The molecule has 4 aliphatic rings. The van der Waals surface area contributed by atoms with Gasteiger partial charge in [-0.15, -0.1) is 0 Å². The first-order valence-corrected chi connectivity index (χ1v) is 20.0. The van der Waals surface area contributed by atoms with Crippen LogP contribution in [0.5, 0.6) is 23.0 Å². The number of amides is 1. The minimum Gasteiger partial charge on any atom is -0.496 e. The van der Waals surface area contributed by atoms with Gasteiger partial charge in [-0.05, 0) is 87.5 Å². The first kappa shape index (κ1) is 38.3. The Morgan fingerprint density at radius 2 is 1.65 bits per heavy atom. The zero-order chi connectivity index (χ0) is 39.8. The highest BCUT2D eigenvalue weighted by Crippen LogP contribution is 2.43. The molecule has 0 bridgehead atoms. The molecular weight excluding hydrogens is 729 g/mol. The van der Waals surface area contributed by atoms with E-state index in [1.807, 2.05) is 30.0 Å². The number of rotatable bonds is 10. The summed E-state index contributed by atoms with van der Waals surface area (Å²) in [4.78, 5) is 50.8. The molecule has 57 heavy (non-hydrogen) atoms. The average molecular weight is 779 g/mol. The van der Waals surface area contributed by atoms with Crippen LogP contribution in [0.1, 0.15) is 80.2 Å².